The van der Waals surface area contributed by atoms with Crippen molar-refractivity contribution in [2.45, 2.75) is 11.4 Å². The molecule has 0 aromatic heterocycles. The fraction of sp³-hybridized carbons (Fsp3) is 1.00. The molecule has 12 heavy (non-hydrogen) atoms. The molecule has 0 amide bonds. The number of rotatable bonds is 1. The van der Waals surface area contributed by atoms with E-state index < -0.39 is 39.6 Å². The molecule has 0 N–H and O–H groups in total. The van der Waals surface area contributed by atoms with Crippen LogP contribution in [0.15, 0.2) is 0 Å². The molecule has 1 saturated heterocycles. The Labute approximate surface area is 66.5 Å². The maximum absolute atomic E-state index is 12.6. The van der Waals surface area contributed by atoms with Gasteiger partial charge in [0.15, 0.2) is 9.84 Å². The predicted octanol–water partition coefficient (Wildman–Crippen LogP) is 0.931. The molecule has 0 saturated carbocycles. The summed E-state index contributed by atoms with van der Waals surface area (Å²) in [5, 5.41) is 0. The molecule has 1 fully saturated rings. The molecule has 0 spiro atoms. The lowest BCUT2D eigenvalue weighted by Gasteiger charge is -2.13. The molecule has 1 aliphatic rings. The Balaban J connectivity index is 3.04. The third-order valence-corrected chi connectivity index (χ3v) is 3.56. The molecule has 1 aliphatic heterocycles. The van der Waals surface area contributed by atoms with Crippen molar-refractivity contribution in [3.8, 4) is 0 Å². The van der Waals surface area contributed by atoms with Crippen LogP contribution in [0.4, 0.5) is 17.6 Å². The van der Waals surface area contributed by atoms with Gasteiger partial charge in [-0.15, -0.1) is 0 Å². The van der Waals surface area contributed by atoms with Gasteiger partial charge in [0.1, 0.15) is 12.4 Å². The van der Waals surface area contributed by atoms with Crippen LogP contribution in [-0.2, 0) is 9.84 Å². The second-order valence-electron chi connectivity index (χ2n) is 2.68. The maximum Gasteiger partial charge on any atom is 0.271 e. The Bertz CT molecular complexity index is 273. The van der Waals surface area contributed by atoms with Gasteiger partial charge in [0.2, 0.25) is 5.50 Å². The molecule has 0 bridgehead atoms. The van der Waals surface area contributed by atoms with E-state index in [1.165, 1.54) is 0 Å². The lowest BCUT2D eigenvalue weighted by molar-refractivity contribution is -0.0467. The van der Waals surface area contributed by atoms with Crippen LogP contribution < -0.4 is 0 Å². The van der Waals surface area contributed by atoms with Crippen LogP contribution >= 0.6 is 0 Å². The zero-order valence-electron chi connectivity index (χ0n) is 5.81. The zero-order valence-corrected chi connectivity index (χ0v) is 6.62. The Kier molecular flexibility index (Phi) is 2.10. The number of alkyl halides is 4. The van der Waals surface area contributed by atoms with Crippen molar-refractivity contribution in [2.75, 3.05) is 12.4 Å². The van der Waals surface area contributed by atoms with Gasteiger partial charge in [0.05, 0.1) is 5.92 Å². The number of hydrogen-bond acceptors (Lipinski definition) is 2. The molecular formula is C5H6F4O2S. The van der Waals surface area contributed by atoms with Crippen molar-refractivity contribution in [1.29, 1.82) is 0 Å². The minimum Gasteiger partial charge on any atom is -0.250 e. The zero-order chi connectivity index (χ0) is 9.57. The standard InChI is InChI=1S/C5H6F4O2S/c6-1-3-4(7)12(10,11)2-5(3,8)9/h3-4H,1-2H2. The van der Waals surface area contributed by atoms with Gasteiger partial charge in [-0.3, -0.25) is 4.39 Å². The molecule has 1 heterocycles. The number of halogens is 4. The molecular weight excluding hydrogens is 200 g/mol. The Morgan fingerprint density at radius 3 is 2.08 bits per heavy atom. The molecule has 0 radical (unpaired) electrons. The summed E-state index contributed by atoms with van der Waals surface area (Å²) in [4.78, 5) is 0. The largest absolute Gasteiger partial charge is 0.271 e. The molecule has 2 unspecified atom stereocenters. The van der Waals surface area contributed by atoms with Crippen molar-refractivity contribution in [1.82, 2.24) is 0 Å². The van der Waals surface area contributed by atoms with Crippen LogP contribution in [0.25, 0.3) is 0 Å². The van der Waals surface area contributed by atoms with E-state index in [1.54, 1.807) is 0 Å². The first-order valence-corrected chi connectivity index (χ1v) is 4.82. The van der Waals surface area contributed by atoms with Gasteiger partial charge >= 0.3 is 0 Å². The Hall–Kier alpha value is -0.330. The first kappa shape index (κ1) is 9.76. The summed E-state index contributed by atoms with van der Waals surface area (Å²) in [5.41, 5.74) is -2.77. The van der Waals surface area contributed by atoms with E-state index in [0.717, 1.165) is 0 Å². The fourth-order valence-corrected chi connectivity index (χ4v) is 2.76. The maximum atomic E-state index is 12.6. The lowest BCUT2D eigenvalue weighted by atomic mass is 10.1. The molecule has 0 aromatic rings. The van der Waals surface area contributed by atoms with Crippen LogP contribution in [-0.4, -0.2) is 32.3 Å². The summed E-state index contributed by atoms with van der Waals surface area (Å²) in [6.45, 7) is -1.66. The molecule has 72 valence electrons. The van der Waals surface area contributed by atoms with Gasteiger partial charge in [-0.1, -0.05) is 0 Å². The minimum atomic E-state index is -4.45. The Morgan fingerprint density at radius 1 is 1.42 bits per heavy atom. The third kappa shape index (κ3) is 1.30. The molecule has 7 heteroatoms. The second kappa shape index (κ2) is 2.58. The van der Waals surface area contributed by atoms with Gasteiger partial charge in [0.25, 0.3) is 5.92 Å². The van der Waals surface area contributed by atoms with Crippen LogP contribution in [0.1, 0.15) is 0 Å². The smallest absolute Gasteiger partial charge is 0.250 e. The van der Waals surface area contributed by atoms with E-state index in [-0.39, 0.29) is 0 Å². The minimum absolute atomic E-state index is 1.59. The highest BCUT2D eigenvalue weighted by atomic mass is 32.2. The van der Waals surface area contributed by atoms with Gasteiger partial charge < -0.3 is 0 Å². The average Bonchev–Trinajstić information content (AvgIpc) is 1.98. The average molecular weight is 206 g/mol. The topological polar surface area (TPSA) is 34.1 Å². The van der Waals surface area contributed by atoms with Crippen LogP contribution in [0.3, 0.4) is 0 Å². The number of hydrogen-bond donors (Lipinski definition) is 0. The van der Waals surface area contributed by atoms with Crippen molar-refractivity contribution in [3.05, 3.63) is 0 Å². The summed E-state index contributed by atoms with van der Waals surface area (Å²) in [7, 11) is -4.45. The van der Waals surface area contributed by atoms with Crippen molar-refractivity contribution >= 4 is 9.84 Å². The Morgan fingerprint density at radius 2 is 1.92 bits per heavy atom. The third-order valence-electron chi connectivity index (χ3n) is 1.76. The highest BCUT2D eigenvalue weighted by Gasteiger charge is 2.59. The summed E-state index contributed by atoms with van der Waals surface area (Å²) in [6, 6.07) is 0. The van der Waals surface area contributed by atoms with E-state index >= 15 is 0 Å². The molecule has 2 atom stereocenters. The SMILES string of the molecule is O=S1(=O)CC(F)(F)C(CF)C1F. The van der Waals surface area contributed by atoms with Gasteiger partial charge in [-0.2, -0.15) is 0 Å². The highest BCUT2D eigenvalue weighted by molar-refractivity contribution is 7.92. The summed E-state index contributed by atoms with van der Waals surface area (Å²) in [6.07, 6.45) is 0. The van der Waals surface area contributed by atoms with E-state index in [0.29, 0.717) is 0 Å². The summed E-state index contributed by atoms with van der Waals surface area (Å²) < 4.78 is 70.4. The molecule has 0 aromatic carbocycles. The van der Waals surface area contributed by atoms with Gasteiger partial charge in [0, 0.05) is 0 Å². The van der Waals surface area contributed by atoms with Crippen LogP contribution in [0, 0.1) is 5.92 Å². The van der Waals surface area contributed by atoms with Crippen LogP contribution in [0.5, 0.6) is 0 Å². The lowest BCUT2D eigenvalue weighted by Crippen LogP contribution is -2.30. The van der Waals surface area contributed by atoms with Gasteiger partial charge in [-0.25, -0.2) is 21.6 Å². The van der Waals surface area contributed by atoms with Crippen molar-refractivity contribution in [2.24, 2.45) is 5.92 Å². The van der Waals surface area contributed by atoms with E-state index in [4.69, 9.17) is 0 Å². The first-order chi connectivity index (χ1) is 5.31. The fourth-order valence-electron chi connectivity index (χ4n) is 1.08. The van der Waals surface area contributed by atoms with E-state index in [2.05, 4.69) is 0 Å². The number of sulfone groups is 1. The molecule has 1 rings (SSSR count). The summed E-state index contributed by atoms with van der Waals surface area (Å²) >= 11 is 0. The monoisotopic (exact) mass is 206 g/mol. The first-order valence-electron chi connectivity index (χ1n) is 3.10. The molecule has 0 aliphatic carbocycles. The predicted molar refractivity (Wildman–Crippen MR) is 33.1 cm³/mol. The molecule has 2 nitrogen and oxygen atoms in total. The second-order valence-corrected chi connectivity index (χ2v) is 4.74. The van der Waals surface area contributed by atoms with E-state index in [1.807, 2.05) is 0 Å². The quantitative estimate of drug-likeness (QED) is 0.598. The normalized spacial score (nSPS) is 38.3. The summed E-state index contributed by atoms with van der Waals surface area (Å²) in [5.74, 6) is -7.69. The van der Waals surface area contributed by atoms with Crippen molar-refractivity contribution in [3.63, 3.8) is 0 Å². The highest BCUT2D eigenvalue weighted by Crippen LogP contribution is 2.40. The van der Waals surface area contributed by atoms with E-state index in [9.17, 15) is 26.0 Å². The van der Waals surface area contributed by atoms with Crippen LogP contribution in [0.2, 0.25) is 0 Å². The van der Waals surface area contributed by atoms with Gasteiger partial charge in [-0.05, 0) is 0 Å². The van der Waals surface area contributed by atoms with Crippen molar-refractivity contribution < 1.29 is 26.0 Å².